The molecule has 0 aromatic heterocycles. The van der Waals surface area contributed by atoms with Crippen LogP contribution in [0.3, 0.4) is 0 Å². The molecule has 0 aromatic rings. The zero-order chi connectivity index (χ0) is 15.8. The first-order valence-electron chi connectivity index (χ1n) is 9.24. The standard InChI is InChI=1S/C19H26O4/c1-11(2)17(20)23-18-8-12-6-13(9-18)19(14(7-12)10-18)21-15-4-3-5-16(15)22-19/h12-16H,1,3-10H2,2H3. The van der Waals surface area contributed by atoms with Crippen LogP contribution >= 0.6 is 0 Å². The fourth-order valence-corrected chi connectivity index (χ4v) is 6.31. The molecular formula is C19H26O4. The zero-order valence-corrected chi connectivity index (χ0v) is 13.9. The Morgan fingerprint density at radius 1 is 1.09 bits per heavy atom. The minimum atomic E-state index is -0.369. The largest absolute Gasteiger partial charge is 0.456 e. The number of fused-ring (bicyclic) bond motifs is 1. The number of hydrogen-bond donors (Lipinski definition) is 0. The van der Waals surface area contributed by atoms with E-state index in [9.17, 15) is 4.79 Å². The van der Waals surface area contributed by atoms with Crippen LogP contribution in [0.4, 0.5) is 0 Å². The lowest BCUT2D eigenvalue weighted by molar-refractivity contribution is -0.324. The van der Waals surface area contributed by atoms with Gasteiger partial charge in [-0.05, 0) is 64.2 Å². The van der Waals surface area contributed by atoms with Crippen LogP contribution in [-0.4, -0.2) is 29.6 Å². The lowest BCUT2D eigenvalue weighted by Gasteiger charge is -2.62. The molecule has 1 spiro atoms. The van der Waals surface area contributed by atoms with Crippen molar-refractivity contribution in [2.45, 2.75) is 81.9 Å². The van der Waals surface area contributed by atoms with Crippen LogP contribution in [0.25, 0.3) is 0 Å². The highest BCUT2D eigenvalue weighted by atomic mass is 16.8. The third-order valence-corrected chi connectivity index (χ3v) is 6.99. The van der Waals surface area contributed by atoms with Crippen LogP contribution in [0, 0.1) is 17.8 Å². The van der Waals surface area contributed by atoms with Crippen molar-refractivity contribution < 1.29 is 19.0 Å². The van der Waals surface area contributed by atoms with E-state index in [1.54, 1.807) is 6.92 Å². The molecule has 4 bridgehead atoms. The number of carbonyl (C=O) groups excluding carboxylic acids is 1. The van der Waals surface area contributed by atoms with Gasteiger partial charge >= 0.3 is 5.97 Å². The smallest absolute Gasteiger partial charge is 0.333 e. The minimum Gasteiger partial charge on any atom is -0.456 e. The van der Waals surface area contributed by atoms with Gasteiger partial charge in [0.25, 0.3) is 0 Å². The van der Waals surface area contributed by atoms with E-state index in [0.29, 0.717) is 35.5 Å². The molecule has 5 aliphatic carbocycles. The van der Waals surface area contributed by atoms with Gasteiger partial charge in [-0.25, -0.2) is 4.79 Å². The SMILES string of the molecule is C=C(C)C(=O)OC12CC3CC(C1)C1(OC4CCCC4O1)C(C3)C2. The summed E-state index contributed by atoms with van der Waals surface area (Å²) in [6.07, 6.45) is 9.28. The molecule has 6 aliphatic rings. The Morgan fingerprint density at radius 3 is 2.26 bits per heavy atom. The molecule has 4 heteroatoms. The monoisotopic (exact) mass is 318 g/mol. The van der Waals surface area contributed by atoms with Gasteiger partial charge in [-0.2, -0.15) is 0 Å². The van der Waals surface area contributed by atoms with E-state index in [1.807, 2.05) is 0 Å². The van der Waals surface area contributed by atoms with Crippen LogP contribution in [-0.2, 0) is 19.0 Å². The first-order valence-corrected chi connectivity index (χ1v) is 9.24. The van der Waals surface area contributed by atoms with Gasteiger partial charge in [0.15, 0.2) is 5.79 Å². The highest BCUT2D eigenvalue weighted by molar-refractivity contribution is 5.87. The van der Waals surface area contributed by atoms with E-state index in [4.69, 9.17) is 14.2 Å². The molecule has 1 heterocycles. The van der Waals surface area contributed by atoms with Gasteiger partial charge < -0.3 is 14.2 Å². The van der Waals surface area contributed by atoms with Crippen molar-refractivity contribution in [1.82, 2.24) is 0 Å². The first kappa shape index (κ1) is 14.5. The van der Waals surface area contributed by atoms with Crippen LogP contribution in [0.15, 0.2) is 12.2 Å². The predicted octanol–water partition coefficient (Wildman–Crippen LogP) is 3.35. The Kier molecular flexibility index (Phi) is 2.90. The summed E-state index contributed by atoms with van der Waals surface area (Å²) < 4.78 is 19.1. The maximum absolute atomic E-state index is 12.1. The van der Waals surface area contributed by atoms with Gasteiger partial charge in [-0.1, -0.05) is 6.58 Å². The molecule has 4 nitrogen and oxygen atoms in total. The molecule has 0 amide bonds. The lowest BCUT2D eigenvalue weighted by atomic mass is 9.51. The second-order valence-electron chi connectivity index (χ2n) is 8.66. The first-order chi connectivity index (χ1) is 11.0. The number of ether oxygens (including phenoxy) is 3. The fraction of sp³-hybridized carbons (Fsp3) is 0.842. The predicted molar refractivity (Wildman–Crippen MR) is 83.5 cm³/mol. The molecule has 0 aromatic carbocycles. The van der Waals surface area contributed by atoms with Gasteiger partial charge in [0.05, 0.1) is 12.2 Å². The molecule has 0 radical (unpaired) electrons. The van der Waals surface area contributed by atoms with E-state index in [-0.39, 0.29) is 17.4 Å². The molecule has 6 fully saturated rings. The van der Waals surface area contributed by atoms with Crippen molar-refractivity contribution in [1.29, 1.82) is 0 Å². The molecule has 5 saturated carbocycles. The molecule has 4 unspecified atom stereocenters. The third-order valence-electron chi connectivity index (χ3n) is 6.99. The van der Waals surface area contributed by atoms with Gasteiger partial charge in [0.2, 0.25) is 0 Å². The summed E-state index contributed by atoms with van der Waals surface area (Å²) in [5.74, 6) is 0.829. The Hall–Kier alpha value is -0.870. The molecule has 1 aliphatic heterocycles. The Balaban J connectivity index is 1.42. The van der Waals surface area contributed by atoms with Gasteiger partial charge in [0.1, 0.15) is 5.60 Å². The Morgan fingerprint density at radius 2 is 1.70 bits per heavy atom. The second kappa shape index (κ2) is 4.60. The zero-order valence-electron chi connectivity index (χ0n) is 13.9. The maximum Gasteiger partial charge on any atom is 0.333 e. The van der Waals surface area contributed by atoms with Crippen molar-refractivity contribution in [3.05, 3.63) is 12.2 Å². The molecule has 23 heavy (non-hydrogen) atoms. The van der Waals surface area contributed by atoms with Crippen molar-refractivity contribution in [2.75, 3.05) is 0 Å². The van der Waals surface area contributed by atoms with E-state index >= 15 is 0 Å². The lowest BCUT2D eigenvalue weighted by Crippen LogP contribution is -2.65. The molecular weight excluding hydrogens is 292 g/mol. The normalized spacial score (nSPS) is 52.8. The summed E-state index contributed by atoms with van der Waals surface area (Å²) in [5.41, 5.74) is 0.209. The number of carbonyl (C=O) groups is 1. The average molecular weight is 318 g/mol. The van der Waals surface area contributed by atoms with E-state index in [2.05, 4.69) is 6.58 Å². The topological polar surface area (TPSA) is 44.8 Å². The average Bonchev–Trinajstić information content (AvgIpc) is 3.03. The van der Waals surface area contributed by atoms with Gasteiger partial charge in [-0.15, -0.1) is 0 Å². The van der Waals surface area contributed by atoms with Crippen LogP contribution in [0.2, 0.25) is 0 Å². The van der Waals surface area contributed by atoms with Crippen molar-refractivity contribution in [2.24, 2.45) is 17.8 Å². The maximum atomic E-state index is 12.1. The summed E-state index contributed by atoms with van der Waals surface area (Å²) in [6, 6.07) is 0. The highest BCUT2D eigenvalue weighted by Crippen LogP contribution is 2.65. The summed E-state index contributed by atoms with van der Waals surface area (Å²) in [4.78, 5) is 12.1. The molecule has 6 rings (SSSR count). The molecule has 126 valence electrons. The molecule has 4 atom stereocenters. The van der Waals surface area contributed by atoms with Crippen molar-refractivity contribution >= 4 is 5.97 Å². The highest BCUT2D eigenvalue weighted by Gasteiger charge is 2.68. The van der Waals surface area contributed by atoms with E-state index in [0.717, 1.165) is 32.1 Å². The Labute approximate surface area is 137 Å². The molecule has 1 saturated heterocycles. The molecule has 0 N–H and O–H groups in total. The third kappa shape index (κ3) is 1.94. The second-order valence-corrected chi connectivity index (χ2v) is 8.66. The van der Waals surface area contributed by atoms with Gasteiger partial charge in [0, 0.05) is 17.4 Å². The minimum absolute atomic E-state index is 0.230. The van der Waals surface area contributed by atoms with Crippen LogP contribution in [0.1, 0.15) is 58.3 Å². The summed E-state index contributed by atoms with van der Waals surface area (Å²) >= 11 is 0. The van der Waals surface area contributed by atoms with E-state index < -0.39 is 0 Å². The van der Waals surface area contributed by atoms with Crippen molar-refractivity contribution in [3.63, 3.8) is 0 Å². The summed E-state index contributed by atoms with van der Waals surface area (Å²) in [5, 5.41) is 0. The number of rotatable bonds is 2. The number of esters is 1. The fourth-order valence-electron chi connectivity index (χ4n) is 6.31. The summed E-state index contributed by atoms with van der Waals surface area (Å²) in [6.45, 7) is 5.47. The van der Waals surface area contributed by atoms with Crippen molar-refractivity contribution in [3.8, 4) is 0 Å². The van der Waals surface area contributed by atoms with E-state index in [1.165, 1.54) is 19.3 Å². The van der Waals surface area contributed by atoms with Gasteiger partial charge in [-0.3, -0.25) is 0 Å². The Bertz CT molecular complexity index is 538. The van der Waals surface area contributed by atoms with Crippen LogP contribution < -0.4 is 0 Å². The number of hydrogen-bond acceptors (Lipinski definition) is 4. The quantitative estimate of drug-likeness (QED) is 0.578. The van der Waals surface area contributed by atoms with Crippen LogP contribution in [0.5, 0.6) is 0 Å². The summed E-state index contributed by atoms with van der Waals surface area (Å²) in [7, 11) is 0.